The summed E-state index contributed by atoms with van der Waals surface area (Å²) in [5.74, 6) is 2.00. The molecule has 0 saturated heterocycles. The maximum absolute atomic E-state index is 6.01. The Labute approximate surface area is 126 Å². The molecule has 0 amide bonds. The minimum absolute atomic E-state index is 0.0810. The minimum atomic E-state index is 0.0810. The van der Waals surface area contributed by atoms with Gasteiger partial charge in [-0.25, -0.2) is 4.42 Å². The highest BCUT2D eigenvalue weighted by Crippen LogP contribution is 2.34. The average molecular weight is 291 g/mol. The fraction of sp³-hybridized carbons (Fsp3) is 0.0526. The third-order valence-corrected chi connectivity index (χ3v) is 5.61. The van der Waals surface area contributed by atoms with E-state index in [0.29, 0.717) is 0 Å². The zero-order valence-corrected chi connectivity index (χ0v) is 12.3. The van der Waals surface area contributed by atoms with Crippen LogP contribution in [0.2, 0.25) is 0 Å². The number of benzene rings is 2. The van der Waals surface area contributed by atoms with Crippen LogP contribution in [0.15, 0.2) is 76.1 Å². The summed E-state index contributed by atoms with van der Waals surface area (Å²) in [5, 5.41) is 3.40. The third kappa shape index (κ3) is 2.43. The Kier molecular flexibility index (Phi) is 3.17. The summed E-state index contributed by atoms with van der Waals surface area (Å²) in [6, 6.07) is 20.9. The molecule has 102 valence electrons. The molecule has 0 bridgehead atoms. The summed E-state index contributed by atoms with van der Waals surface area (Å²) in [5.41, 5.74) is 2.26. The summed E-state index contributed by atoms with van der Waals surface area (Å²) in [6.07, 6.45) is 4.47. The van der Waals surface area contributed by atoms with Crippen LogP contribution in [0.1, 0.15) is 11.3 Å². The molecule has 1 atom stereocenters. The quantitative estimate of drug-likeness (QED) is 0.442. The van der Waals surface area contributed by atoms with Crippen molar-refractivity contribution in [2.45, 2.75) is 4.90 Å². The lowest BCUT2D eigenvalue weighted by atomic mass is 10.2. The van der Waals surface area contributed by atoms with Crippen LogP contribution in [0, 0.1) is 0 Å². The van der Waals surface area contributed by atoms with Crippen LogP contribution in [0.5, 0.6) is 0 Å². The average Bonchev–Trinajstić information content (AvgIpc) is 2.55. The highest BCUT2D eigenvalue weighted by atomic mass is 32.2. The monoisotopic (exact) mass is 291 g/mol. The Balaban J connectivity index is 1.81. The van der Waals surface area contributed by atoms with E-state index in [0.717, 1.165) is 22.5 Å². The van der Waals surface area contributed by atoms with E-state index in [-0.39, 0.29) is 10.5 Å². The van der Waals surface area contributed by atoms with Crippen LogP contribution in [-0.2, 0) is 0 Å². The van der Waals surface area contributed by atoms with Gasteiger partial charge in [0, 0.05) is 22.8 Å². The highest BCUT2D eigenvalue weighted by molar-refractivity contribution is 8.15. The van der Waals surface area contributed by atoms with Crippen molar-refractivity contribution in [3.05, 3.63) is 78.1 Å². The van der Waals surface area contributed by atoms with Crippen molar-refractivity contribution >= 4 is 32.9 Å². The van der Waals surface area contributed by atoms with Crippen LogP contribution in [0.3, 0.4) is 0 Å². The number of rotatable bonds is 1. The number of hydrogen-bond acceptors (Lipinski definition) is 0. The van der Waals surface area contributed by atoms with Gasteiger partial charge in [-0.05, 0) is 23.8 Å². The van der Waals surface area contributed by atoms with Crippen molar-refractivity contribution < 1.29 is 4.42 Å². The van der Waals surface area contributed by atoms with Crippen molar-refractivity contribution in [3.63, 3.8) is 0 Å². The normalized spacial score (nSPS) is 17.0. The number of para-hydroxylation sites is 1. The van der Waals surface area contributed by atoms with Gasteiger partial charge in [-0.1, -0.05) is 42.5 Å². The fourth-order valence-electron chi connectivity index (χ4n) is 2.58. The molecule has 1 aliphatic heterocycles. The minimum Gasteiger partial charge on any atom is -0.207 e. The smallest absolute Gasteiger partial charge is 0.207 e. The van der Waals surface area contributed by atoms with E-state index in [1.807, 2.05) is 18.2 Å². The molecule has 1 nitrogen and oxygen atoms in total. The van der Waals surface area contributed by atoms with Gasteiger partial charge in [-0.15, -0.1) is 10.5 Å². The standard InChI is InChI=1S/C19H15OS/c1-3-9-18-15(6-1)11-12-17(20-18)14-21-13-5-8-16-7-2-4-10-19(16)21/h1-12,14H,13H2/q+1. The SMILES string of the molecule is C1=Cc2ccccc2S(=Cc2ccc3ccccc3[o+]2)C1. The number of hydrogen-bond donors (Lipinski definition) is 0. The van der Waals surface area contributed by atoms with Crippen LogP contribution < -0.4 is 0 Å². The molecule has 0 radical (unpaired) electrons. The summed E-state index contributed by atoms with van der Waals surface area (Å²) < 4.78 is 6.01. The molecular formula is C19H15OS+. The first-order valence-electron chi connectivity index (χ1n) is 7.02. The van der Waals surface area contributed by atoms with E-state index in [1.165, 1.54) is 10.5 Å². The summed E-state index contributed by atoms with van der Waals surface area (Å²) in [7, 11) is 0.0810. The molecular weight excluding hydrogens is 276 g/mol. The Hall–Kier alpha value is -2.19. The summed E-state index contributed by atoms with van der Waals surface area (Å²) >= 11 is 0. The van der Waals surface area contributed by atoms with Crippen LogP contribution in [0.4, 0.5) is 0 Å². The van der Waals surface area contributed by atoms with Gasteiger partial charge in [-0.2, -0.15) is 0 Å². The second kappa shape index (κ2) is 5.30. The molecule has 3 aromatic rings. The van der Waals surface area contributed by atoms with E-state index in [9.17, 15) is 0 Å². The van der Waals surface area contributed by atoms with Crippen LogP contribution >= 0.6 is 10.5 Å². The molecule has 1 aliphatic rings. The molecule has 0 aliphatic carbocycles. The Morgan fingerprint density at radius 1 is 0.905 bits per heavy atom. The van der Waals surface area contributed by atoms with Gasteiger partial charge in [0.15, 0.2) is 0 Å². The zero-order valence-electron chi connectivity index (χ0n) is 11.5. The predicted octanol–water partition coefficient (Wildman–Crippen LogP) is 5.22. The molecule has 1 aromatic heterocycles. The van der Waals surface area contributed by atoms with Gasteiger partial charge in [0.25, 0.3) is 0 Å². The van der Waals surface area contributed by atoms with Gasteiger partial charge in [0.1, 0.15) is 0 Å². The molecule has 21 heavy (non-hydrogen) atoms. The van der Waals surface area contributed by atoms with E-state index < -0.39 is 0 Å². The van der Waals surface area contributed by atoms with Crippen molar-refractivity contribution in [1.82, 2.24) is 0 Å². The van der Waals surface area contributed by atoms with E-state index in [4.69, 9.17) is 4.42 Å². The summed E-state index contributed by atoms with van der Waals surface area (Å²) in [6.45, 7) is 0. The zero-order chi connectivity index (χ0) is 14.1. The first kappa shape index (κ1) is 12.5. The van der Waals surface area contributed by atoms with Crippen molar-refractivity contribution in [2.24, 2.45) is 0 Å². The Morgan fingerprint density at radius 3 is 2.76 bits per heavy atom. The van der Waals surface area contributed by atoms with Gasteiger partial charge >= 0.3 is 11.3 Å². The molecule has 0 fully saturated rings. The largest absolute Gasteiger partial charge is 0.360 e. The second-order valence-electron chi connectivity index (χ2n) is 5.03. The van der Waals surface area contributed by atoms with Gasteiger partial charge in [0.2, 0.25) is 0 Å². The first-order valence-corrected chi connectivity index (χ1v) is 8.48. The molecule has 0 N–H and O–H groups in total. The molecule has 1 unspecified atom stereocenters. The second-order valence-corrected chi connectivity index (χ2v) is 6.90. The number of fused-ring (bicyclic) bond motifs is 2. The third-order valence-electron chi connectivity index (χ3n) is 3.61. The van der Waals surface area contributed by atoms with E-state index in [1.54, 1.807) is 0 Å². The lowest BCUT2D eigenvalue weighted by Crippen LogP contribution is -1.93. The fourth-order valence-corrected chi connectivity index (χ4v) is 4.39. The van der Waals surface area contributed by atoms with E-state index >= 15 is 0 Å². The van der Waals surface area contributed by atoms with Crippen molar-refractivity contribution in [1.29, 1.82) is 0 Å². The molecule has 0 saturated carbocycles. The van der Waals surface area contributed by atoms with E-state index in [2.05, 4.69) is 60.0 Å². The first-order chi connectivity index (χ1) is 10.4. The van der Waals surface area contributed by atoms with Crippen molar-refractivity contribution in [2.75, 3.05) is 5.75 Å². The topological polar surface area (TPSA) is 11.3 Å². The lowest BCUT2D eigenvalue weighted by molar-refractivity contribution is 0.597. The predicted molar refractivity (Wildman–Crippen MR) is 92.0 cm³/mol. The Morgan fingerprint density at radius 2 is 1.76 bits per heavy atom. The van der Waals surface area contributed by atoms with Crippen LogP contribution in [-0.4, -0.2) is 11.1 Å². The molecule has 2 aromatic carbocycles. The Bertz CT molecular complexity index is 877. The highest BCUT2D eigenvalue weighted by Gasteiger charge is 2.13. The van der Waals surface area contributed by atoms with Gasteiger partial charge < -0.3 is 0 Å². The lowest BCUT2D eigenvalue weighted by Gasteiger charge is -2.13. The van der Waals surface area contributed by atoms with Gasteiger partial charge in [-0.3, -0.25) is 0 Å². The summed E-state index contributed by atoms with van der Waals surface area (Å²) in [4.78, 5) is 1.41. The maximum atomic E-state index is 6.01. The molecule has 0 spiro atoms. The molecule has 2 heteroatoms. The van der Waals surface area contributed by atoms with Gasteiger partial charge in [0.05, 0.1) is 10.8 Å². The van der Waals surface area contributed by atoms with Crippen LogP contribution in [0.25, 0.3) is 17.0 Å². The molecule has 4 rings (SSSR count). The van der Waals surface area contributed by atoms with Crippen molar-refractivity contribution in [3.8, 4) is 0 Å². The molecule has 2 heterocycles. The maximum Gasteiger partial charge on any atom is 0.360 e.